The van der Waals surface area contributed by atoms with Crippen LogP contribution in [0.2, 0.25) is 0 Å². The van der Waals surface area contributed by atoms with Crippen LogP contribution in [0.3, 0.4) is 0 Å². The van der Waals surface area contributed by atoms with Crippen molar-refractivity contribution in [2.24, 2.45) is 17.1 Å². The van der Waals surface area contributed by atoms with Crippen LogP contribution in [0.25, 0.3) is 0 Å². The van der Waals surface area contributed by atoms with Crippen LogP contribution >= 0.6 is 0 Å². The van der Waals surface area contributed by atoms with E-state index in [0.717, 1.165) is 12.5 Å². The molecule has 0 aromatic rings. The Morgan fingerprint density at radius 3 is 2.69 bits per heavy atom. The molecule has 13 heavy (non-hydrogen) atoms. The first-order valence-electron chi connectivity index (χ1n) is 5.52. The zero-order chi connectivity index (χ0) is 9.90. The van der Waals surface area contributed by atoms with Gasteiger partial charge < -0.3 is 10.6 Å². The Labute approximate surface area is 82.5 Å². The van der Waals surface area contributed by atoms with Crippen LogP contribution in [0.1, 0.15) is 33.6 Å². The van der Waals surface area contributed by atoms with Crippen LogP contribution < -0.4 is 5.73 Å². The van der Waals surface area contributed by atoms with Crippen LogP contribution in [0.5, 0.6) is 0 Å². The van der Waals surface area contributed by atoms with Gasteiger partial charge in [-0.1, -0.05) is 20.8 Å². The highest BCUT2D eigenvalue weighted by Crippen LogP contribution is 2.37. The van der Waals surface area contributed by atoms with Crippen LogP contribution in [0.4, 0.5) is 0 Å². The van der Waals surface area contributed by atoms with Gasteiger partial charge in [-0.15, -0.1) is 0 Å². The summed E-state index contributed by atoms with van der Waals surface area (Å²) in [6, 6.07) is 0. The predicted molar refractivity (Wildman–Crippen MR) is 57.7 cm³/mol. The van der Waals surface area contributed by atoms with Gasteiger partial charge in [0.25, 0.3) is 0 Å². The predicted octanol–water partition coefficient (Wildman–Crippen LogP) is 1.70. The Bertz CT molecular complexity index is 154. The lowest BCUT2D eigenvalue weighted by molar-refractivity contribution is 0.0596. The molecule has 0 amide bonds. The van der Waals surface area contributed by atoms with E-state index in [4.69, 9.17) is 5.73 Å². The number of hydrogen-bond donors (Lipinski definition) is 1. The molecule has 0 aromatic heterocycles. The second-order valence-electron chi connectivity index (χ2n) is 4.91. The van der Waals surface area contributed by atoms with Crippen molar-refractivity contribution in [3.8, 4) is 0 Å². The fraction of sp³-hybridized carbons (Fsp3) is 1.00. The summed E-state index contributed by atoms with van der Waals surface area (Å²) in [5.74, 6) is 0.797. The zero-order valence-corrected chi connectivity index (χ0v) is 9.34. The molecular weight excluding hydrogens is 160 g/mol. The molecule has 0 bridgehead atoms. The quantitative estimate of drug-likeness (QED) is 0.723. The highest BCUT2D eigenvalue weighted by Gasteiger charge is 2.33. The summed E-state index contributed by atoms with van der Waals surface area (Å²) in [5, 5.41) is 0. The summed E-state index contributed by atoms with van der Waals surface area (Å²) in [7, 11) is 0. The lowest BCUT2D eigenvalue weighted by Gasteiger charge is -2.43. The molecule has 0 spiro atoms. The molecule has 0 aromatic carbocycles. The van der Waals surface area contributed by atoms with Gasteiger partial charge in [-0.3, -0.25) is 0 Å². The number of hydrogen-bond acceptors (Lipinski definition) is 2. The normalized spacial score (nSPS) is 29.1. The van der Waals surface area contributed by atoms with Gasteiger partial charge in [0.05, 0.1) is 0 Å². The first-order chi connectivity index (χ1) is 6.10. The Morgan fingerprint density at radius 1 is 1.46 bits per heavy atom. The van der Waals surface area contributed by atoms with Gasteiger partial charge in [-0.05, 0) is 43.8 Å². The number of rotatable bonds is 3. The summed E-state index contributed by atoms with van der Waals surface area (Å²) in [5.41, 5.74) is 6.15. The van der Waals surface area contributed by atoms with E-state index in [-0.39, 0.29) is 0 Å². The minimum absolute atomic E-state index is 0.505. The average molecular weight is 184 g/mol. The molecule has 1 unspecified atom stereocenters. The van der Waals surface area contributed by atoms with Crippen LogP contribution in [0.15, 0.2) is 0 Å². The molecule has 0 radical (unpaired) electrons. The Hall–Kier alpha value is -0.0800. The first-order valence-corrected chi connectivity index (χ1v) is 5.52. The Morgan fingerprint density at radius 2 is 2.15 bits per heavy atom. The van der Waals surface area contributed by atoms with Gasteiger partial charge in [-0.25, -0.2) is 0 Å². The second-order valence-corrected chi connectivity index (χ2v) is 4.91. The Kier molecular flexibility index (Phi) is 3.74. The second kappa shape index (κ2) is 4.43. The molecule has 1 aliphatic rings. The monoisotopic (exact) mass is 184 g/mol. The van der Waals surface area contributed by atoms with Crippen molar-refractivity contribution in [2.75, 3.05) is 26.2 Å². The van der Waals surface area contributed by atoms with Gasteiger partial charge in [0, 0.05) is 6.54 Å². The Balaban J connectivity index is 2.52. The van der Waals surface area contributed by atoms with E-state index in [1.54, 1.807) is 0 Å². The van der Waals surface area contributed by atoms with Crippen molar-refractivity contribution in [2.45, 2.75) is 33.6 Å². The SMILES string of the molecule is CCN1CCC(C)(C)C(CCN)C1. The number of nitrogens with zero attached hydrogens (tertiary/aromatic N) is 1. The van der Waals surface area contributed by atoms with E-state index in [0.29, 0.717) is 5.41 Å². The molecule has 2 nitrogen and oxygen atoms in total. The fourth-order valence-corrected chi connectivity index (χ4v) is 2.27. The number of likely N-dealkylation sites (tertiary alicyclic amines) is 1. The van der Waals surface area contributed by atoms with Crippen molar-refractivity contribution in [1.29, 1.82) is 0 Å². The van der Waals surface area contributed by atoms with Crippen molar-refractivity contribution < 1.29 is 0 Å². The summed E-state index contributed by atoms with van der Waals surface area (Å²) in [6.45, 7) is 11.6. The summed E-state index contributed by atoms with van der Waals surface area (Å²) in [6.07, 6.45) is 2.51. The maximum atomic E-state index is 5.65. The molecule has 0 aliphatic carbocycles. The third-order valence-electron chi connectivity index (χ3n) is 3.62. The maximum Gasteiger partial charge on any atom is 0.00151 e. The third kappa shape index (κ3) is 2.68. The molecule has 1 saturated heterocycles. The van der Waals surface area contributed by atoms with Crippen molar-refractivity contribution in [3.63, 3.8) is 0 Å². The number of piperidine rings is 1. The summed E-state index contributed by atoms with van der Waals surface area (Å²) >= 11 is 0. The van der Waals surface area contributed by atoms with E-state index in [9.17, 15) is 0 Å². The lowest BCUT2D eigenvalue weighted by Crippen LogP contribution is -2.45. The minimum Gasteiger partial charge on any atom is -0.330 e. The molecule has 0 saturated carbocycles. The molecule has 2 heteroatoms. The molecule has 1 aliphatic heterocycles. The van der Waals surface area contributed by atoms with Crippen LogP contribution in [0, 0.1) is 11.3 Å². The molecular formula is C11H24N2. The van der Waals surface area contributed by atoms with Crippen LogP contribution in [-0.4, -0.2) is 31.1 Å². The zero-order valence-electron chi connectivity index (χ0n) is 9.34. The smallest absolute Gasteiger partial charge is 0.00151 e. The van der Waals surface area contributed by atoms with E-state index >= 15 is 0 Å². The highest BCUT2D eigenvalue weighted by molar-refractivity contribution is 4.86. The highest BCUT2D eigenvalue weighted by atomic mass is 15.1. The van der Waals surface area contributed by atoms with Gasteiger partial charge in [0.1, 0.15) is 0 Å². The summed E-state index contributed by atoms with van der Waals surface area (Å²) in [4.78, 5) is 2.55. The van der Waals surface area contributed by atoms with Crippen molar-refractivity contribution in [3.05, 3.63) is 0 Å². The first kappa shape index (κ1) is 11.0. The maximum absolute atomic E-state index is 5.65. The molecule has 1 heterocycles. The minimum atomic E-state index is 0.505. The van der Waals surface area contributed by atoms with Gasteiger partial charge in [-0.2, -0.15) is 0 Å². The van der Waals surface area contributed by atoms with E-state index in [1.165, 1.54) is 32.5 Å². The molecule has 1 atom stereocenters. The fourth-order valence-electron chi connectivity index (χ4n) is 2.27. The van der Waals surface area contributed by atoms with Gasteiger partial charge >= 0.3 is 0 Å². The van der Waals surface area contributed by atoms with Crippen molar-refractivity contribution >= 4 is 0 Å². The standard InChI is InChI=1S/C11H24N2/c1-4-13-8-6-11(2,3)10(9-13)5-7-12/h10H,4-9,12H2,1-3H3. The van der Waals surface area contributed by atoms with E-state index in [1.807, 2.05) is 0 Å². The van der Waals surface area contributed by atoms with E-state index in [2.05, 4.69) is 25.7 Å². The van der Waals surface area contributed by atoms with Gasteiger partial charge in [0.15, 0.2) is 0 Å². The average Bonchev–Trinajstić information content (AvgIpc) is 2.09. The van der Waals surface area contributed by atoms with E-state index < -0.39 is 0 Å². The van der Waals surface area contributed by atoms with Gasteiger partial charge in [0.2, 0.25) is 0 Å². The number of nitrogens with two attached hydrogens (primary N) is 1. The molecule has 1 rings (SSSR count). The lowest BCUT2D eigenvalue weighted by atomic mass is 9.72. The molecule has 78 valence electrons. The topological polar surface area (TPSA) is 29.3 Å². The molecule has 2 N–H and O–H groups in total. The largest absolute Gasteiger partial charge is 0.330 e. The third-order valence-corrected chi connectivity index (χ3v) is 3.62. The van der Waals surface area contributed by atoms with Crippen molar-refractivity contribution in [1.82, 2.24) is 4.90 Å². The summed E-state index contributed by atoms with van der Waals surface area (Å²) < 4.78 is 0. The van der Waals surface area contributed by atoms with Crippen LogP contribution in [-0.2, 0) is 0 Å². The molecule has 1 fully saturated rings.